The smallest absolute Gasteiger partial charge is 0.236 e. The molecule has 0 bridgehead atoms. The van der Waals surface area contributed by atoms with Gasteiger partial charge in [-0.05, 0) is 25.2 Å². The van der Waals surface area contributed by atoms with Gasteiger partial charge in [-0.25, -0.2) is 0 Å². The van der Waals surface area contributed by atoms with Crippen LogP contribution in [0.15, 0.2) is 0 Å². The maximum absolute atomic E-state index is 11.3. The summed E-state index contributed by atoms with van der Waals surface area (Å²) in [4.78, 5) is 11.3. The van der Waals surface area contributed by atoms with Crippen molar-refractivity contribution in [2.75, 3.05) is 19.8 Å². The summed E-state index contributed by atoms with van der Waals surface area (Å²) >= 11 is 0. The van der Waals surface area contributed by atoms with Gasteiger partial charge in [0.05, 0.1) is 6.04 Å². The molecule has 14 heavy (non-hydrogen) atoms. The van der Waals surface area contributed by atoms with Crippen molar-refractivity contribution in [1.29, 1.82) is 0 Å². The number of carbonyl (C=O) groups is 1. The van der Waals surface area contributed by atoms with E-state index >= 15 is 0 Å². The average Bonchev–Trinajstić information content (AvgIpc) is 2.69. The van der Waals surface area contributed by atoms with Gasteiger partial charge >= 0.3 is 0 Å². The molecule has 2 atom stereocenters. The Labute approximate surface area is 85.2 Å². The molecule has 1 fully saturated rings. The topological polar surface area (TPSA) is 64.4 Å². The van der Waals surface area contributed by atoms with Crippen LogP contribution in [0.2, 0.25) is 0 Å². The molecular formula is C10H20N2O2. The van der Waals surface area contributed by atoms with E-state index in [1.54, 1.807) is 0 Å². The molecule has 1 saturated heterocycles. The molecule has 1 rings (SSSR count). The zero-order valence-corrected chi connectivity index (χ0v) is 8.79. The van der Waals surface area contributed by atoms with Crippen LogP contribution < -0.4 is 11.1 Å². The van der Waals surface area contributed by atoms with Crippen molar-refractivity contribution in [3.05, 3.63) is 0 Å². The molecule has 3 N–H and O–H groups in total. The number of nitrogens with one attached hydrogen (secondary N) is 1. The van der Waals surface area contributed by atoms with E-state index in [0.717, 1.165) is 32.6 Å². The Morgan fingerprint density at radius 1 is 1.71 bits per heavy atom. The second kappa shape index (κ2) is 5.98. The van der Waals surface area contributed by atoms with Crippen LogP contribution in [0.5, 0.6) is 0 Å². The first-order valence-electron chi connectivity index (χ1n) is 5.35. The van der Waals surface area contributed by atoms with Gasteiger partial charge in [-0.2, -0.15) is 0 Å². The van der Waals surface area contributed by atoms with E-state index in [1.165, 1.54) is 0 Å². The highest BCUT2D eigenvalue weighted by molar-refractivity contribution is 5.81. The third kappa shape index (κ3) is 3.64. The zero-order valence-electron chi connectivity index (χ0n) is 8.79. The predicted octanol–water partition coefficient (Wildman–Crippen LogP) is 0.267. The SMILES string of the molecule is CC[C@H](N)C(=O)NCCC1CCOC1. The Balaban J connectivity index is 2.05. The summed E-state index contributed by atoms with van der Waals surface area (Å²) in [5.74, 6) is 0.583. The Kier molecular flexibility index (Phi) is 4.90. The summed E-state index contributed by atoms with van der Waals surface area (Å²) in [7, 11) is 0. The molecule has 1 aliphatic rings. The van der Waals surface area contributed by atoms with E-state index in [-0.39, 0.29) is 11.9 Å². The predicted molar refractivity (Wildman–Crippen MR) is 54.8 cm³/mol. The molecule has 4 nitrogen and oxygen atoms in total. The average molecular weight is 200 g/mol. The maximum Gasteiger partial charge on any atom is 0.236 e. The van der Waals surface area contributed by atoms with Crippen molar-refractivity contribution in [2.24, 2.45) is 11.7 Å². The molecule has 0 radical (unpaired) electrons. The molecule has 0 spiro atoms. The fourth-order valence-electron chi connectivity index (χ4n) is 1.53. The Bertz CT molecular complexity index is 179. The lowest BCUT2D eigenvalue weighted by Gasteiger charge is -2.11. The second-order valence-corrected chi connectivity index (χ2v) is 3.82. The standard InChI is InChI=1S/C10H20N2O2/c1-2-9(11)10(13)12-5-3-8-4-6-14-7-8/h8-9H,2-7,11H2,1H3,(H,12,13)/t8?,9-/m0/s1. The number of ether oxygens (including phenoxy) is 1. The van der Waals surface area contributed by atoms with E-state index < -0.39 is 0 Å². The Hall–Kier alpha value is -0.610. The summed E-state index contributed by atoms with van der Waals surface area (Å²) in [6.07, 6.45) is 2.82. The van der Waals surface area contributed by atoms with Gasteiger partial charge in [0.15, 0.2) is 0 Å². The zero-order chi connectivity index (χ0) is 10.4. The summed E-state index contributed by atoms with van der Waals surface area (Å²) in [6.45, 7) is 4.35. The van der Waals surface area contributed by atoms with Crippen molar-refractivity contribution < 1.29 is 9.53 Å². The molecule has 0 aromatic rings. The molecule has 0 aromatic heterocycles. The van der Waals surface area contributed by atoms with Crippen molar-refractivity contribution in [3.8, 4) is 0 Å². The van der Waals surface area contributed by atoms with Gasteiger partial charge in [0.1, 0.15) is 0 Å². The van der Waals surface area contributed by atoms with E-state index in [1.807, 2.05) is 6.92 Å². The number of nitrogens with two attached hydrogens (primary N) is 1. The molecule has 82 valence electrons. The van der Waals surface area contributed by atoms with E-state index in [2.05, 4.69) is 5.32 Å². The van der Waals surface area contributed by atoms with Crippen LogP contribution in [0, 0.1) is 5.92 Å². The van der Waals surface area contributed by atoms with E-state index in [4.69, 9.17) is 10.5 Å². The number of amides is 1. The summed E-state index contributed by atoms with van der Waals surface area (Å²) in [6, 6.07) is -0.352. The van der Waals surface area contributed by atoms with Crippen molar-refractivity contribution in [2.45, 2.75) is 32.2 Å². The van der Waals surface area contributed by atoms with Crippen molar-refractivity contribution in [3.63, 3.8) is 0 Å². The van der Waals surface area contributed by atoms with Crippen LogP contribution in [-0.2, 0) is 9.53 Å². The van der Waals surface area contributed by atoms with Gasteiger partial charge in [-0.3, -0.25) is 4.79 Å². The summed E-state index contributed by atoms with van der Waals surface area (Å²) in [5.41, 5.74) is 5.57. The number of hydrogen-bond acceptors (Lipinski definition) is 3. The minimum Gasteiger partial charge on any atom is -0.381 e. The van der Waals surface area contributed by atoms with Crippen LogP contribution >= 0.6 is 0 Å². The maximum atomic E-state index is 11.3. The third-order valence-corrected chi connectivity index (χ3v) is 2.65. The van der Waals surface area contributed by atoms with E-state index in [9.17, 15) is 4.79 Å². The van der Waals surface area contributed by atoms with Gasteiger partial charge in [0.25, 0.3) is 0 Å². The molecule has 0 saturated carbocycles. The monoisotopic (exact) mass is 200 g/mol. The second-order valence-electron chi connectivity index (χ2n) is 3.82. The van der Waals surface area contributed by atoms with Gasteiger partial charge in [-0.1, -0.05) is 6.92 Å². The fourth-order valence-corrected chi connectivity index (χ4v) is 1.53. The molecule has 4 heteroatoms. The minimum absolute atomic E-state index is 0.0357. The molecule has 1 unspecified atom stereocenters. The molecule has 1 aliphatic heterocycles. The molecule has 1 heterocycles. The van der Waals surface area contributed by atoms with Gasteiger partial charge < -0.3 is 15.8 Å². The van der Waals surface area contributed by atoms with Crippen LogP contribution in [0.25, 0.3) is 0 Å². The van der Waals surface area contributed by atoms with Gasteiger partial charge in [0, 0.05) is 19.8 Å². The van der Waals surface area contributed by atoms with Crippen LogP contribution in [0.1, 0.15) is 26.2 Å². The molecular weight excluding hydrogens is 180 g/mol. The Morgan fingerprint density at radius 2 is 2.50 bits per heavy atom. The minimum atomic E-state index is -0.352. The highest BCUT2D eigenvalue weighted by Crippen LogP contribution is 2.15. The lowest BCUT2D eigenvalue weighted by Crippen LogP contribution is -2.40. The first-order valence-corrected chi connectivity index (χ1v) is 5.35. The third-order valence-electron chi connectivity index (χ3n) is 2.65. The molecule has 0 aromatic carbocycles. The fraction of sp³-hybridized carbons (Fsp3) is 0.900. The number of hydrogen-bond donors (Lipinski definition) is 2. The molecule has 0 aliphatic carbocycles. The van der Waals surface area contributed by atoms with Crippen LogP contribution in [0.3, 0.4) is 0 Å². The van der Waals surface area contributed by atoms with E-state index in [0.29, 0.717) is 12.3 Å². The summed E-state index contributed by atoms with van der Waals surface area (Å²) in [5, 5.41) is 2.84. The van der Waals surface area contributed by atoms with Gasteiger partial charge in [-0.15, -0.1) is 0 Å². The first kappa shape index (κ1) is 11.5. The lowest BCUT2D eigenvalue weighted by molar-refractivity contribution is -0.122. The molecule has 1 amide bonds. The highest BCUT2D eigenvalue weighted by atomic mass is 16.5. The highest BCUT2D eigenvalue weighted by Gasteiger charge is 2.16. The van der Waals surface area contributed by atoms with Crippen molar-refractivity contribution >= 4 is 5.91 Å². The quantitative estimate of drug-likeness (QED) is 0.669. The van der Waals surface area contributed by atoms with Crippen LogP contribution in [0.4, 0.5) is 0 Å². The normalized spacial score (nSPS) is 23.4. The van der Waals surface area contributed by atoms with Crippen LogP contribution in [-0.4, -0.2) is 31.7 Å². The largest absolute Gasteiger partial charge is 0.381 e. The number of rotatable bonds is 5. The van der Waals surface area contributed by atoms with Gasteiger partial charge in [0.2, 0.25) is 5.91 Å². The first-order chi connectivity index (χ1) is 6.74. The van der Waals surface area contributed by atoms with Crippen molar-refractivity contribution in [1.82, 2.24) is 5.32 Å². The Morgan fingerprint density at radius 3 is 3.07 bits per heavy atom. The lowest BCUT2D eigenvalue weighted by atomic mass is 10.1. The summed E-state index contributed by atoms with van der Waals surface area (Å²) < 4.78 is 5.25. The number of carbonyl (C=O) groups excluding carboxylic acids is 1.